The molecule has 3 rings (SSSR count). The summed E-state index contributed by atoms with van der Waals surface area (Å²) in [5, 5.41) is 3.40. The van der Waals surface area contributed by atoms with E-state index in [1.54, 1.807) is 37.1 Å². The monoisotopic (exact) mass is 434 g/mol. The van der Waals surface area contributed by atoms with Crippen molar-refractivity contribution in [3.05, 3.63) is 44.8 Å². The van der Waals surface area contributed by atoms with E-state index >= 15 is 0 Å². The zero-order valence-corrected chi connectivity index (χ0v) is 18.3. The molecule has 3 heterocycles. The molecule has 3 aromatic rings. The summed E-state index contributed by atoms with van der Waals surface area (Å²) in [5.74, 6) is -0.954. The highest BCUT2D eigenvalue weighted by atomic mass is 32.2. The second-order valence-corrected chi connectivity index (χ2v) is 8.62. The first kappa shape index (κ1) is 21.3. The molecule has 0 unspecified atom stereocenters. The van der Waals surface area contributed by atoms with Crippen LogP contribution in [0.5, 0.6) is 0 Å². The minimum atomic E-state index is -0.465. The molecule has 0 fully saturated rings. The van der Waals surface area contributed by atoms with Gasteiger partial charge >= 0.3 is 0 Å². The van der Waals surface area contributed by atoms with E-state index < -0.39 is 11.8 Å². The number of carbonyl (C=O) groups is 2. The Morgan fingerprint density at radius 3 is 2.76 bits per heavy atom. The van der Waals surface area contributed by atoms with E-state index in [0.29, 0.717) is 34.2 Å². The topological polar surface area (TPSA) is 95.2 Å². The van der Waals surface area contributed by atoms with Crippen LogP contribution in [0.3, 0.4) is 0 Å². The maximum Gasteiger partial charge on any atom is 0.274 e. The van der Waals surface area contributed by atoms with E-state index in [1.165, 1.54) is 15.9 Å². The largest absolute Gasteiger partial charge is 0.383 e. The third-order valence-electron chi connectivity index (χ3n) is 4.53. The van der Waals surface area contributed by atoms with Crippen molar-refractivity contribution in [3.8, 4) is 0 Å². The number of aryl methyl sites for hydroxylation is 3. The molecule has 0 atom stereocenters. The summed E-state index contributed by atoms with van der Waals surface area (Å²) in [7, 11) is 3.29. The molecule has 154 valence electrons. The standard InChI is InChI=1S/C19H22N4O4S2/c1-11-12(2)29-17-15(11)18(26)23(8-9-27-4)19(21-17)28-10-14(24)20-16(25)13-6-5-7-22(13)3/h5-7H,8-10H2,1-4H3,(H,20,24,25). The van der Waals surface area contributed by atoms with Gasteiger partial charge in [0.15, 0.2) is 5.16 Å². The number of hydrogen-bond donors (Lipinski definition) is 1. The number of aromatic nitrogens is 3. The zero-order valence-electron chi connectivity index (χ0n) is 16.6. The summed E-state index contributed by atoms with van der Waals surface area (Å²) in [4.78, 5) is 43.7. The summed E-state index contributed by atoms with van der Waals surface area (Å²) < 4.78 is 8.28. The van der Waals surface area contributed by atoms with Gasteiger partial charge in [-0.15, -0.1) is 11.3 Å². The van der Waals surface area contributed by atoms with Crippen LogP contribution in [0.2, 0.25) is 0 Å². The molecule has 0 aliphatic heterocycles. The van der Waals surface area contributed by atoms with Gasteiger partial charge in [0, 0.05) is 25.2 Å². The smallest absolute Gasteiger partial charge is 0.274 e. The van der Waals surface area contributed by atoms with E-state index in [1.807, 2.05) is 13.8 Å². The molecule has 0 saturated heterocycles. The Bertz CT molecular complexity index is 1130. The fourth-order valence-corrected chi connectivity index (χ4v) is 4.75. The highest BCUT2D eigenvalue weighted by Gasteiger charge is 2.19. The Kier molecular flexibility index (Phi) is 6.56. The summed E-state index contributed by atoms with van der Waals surface area (Å²) in [6.07, 6.45) is 1.73. The molecule has 0 radical (unpaired) electrons. The average molecular weight is 435 g/mol. The van der Waals surface area contributed by atoms with Gasteiger partial charge in [-0.3, -0.25) is 24.3 Å². The number of nitrogens with one attached hydrogen (secondary N) is 1. The van der Waals surface area contributed by atoms with Crippen molar-refractivity contribution in [1.82, 2.24) is 19.4 Å². The van der Waals surface area contributed by atoms with Crippen LogP contribution in [0.25, 0.3) is 10.2 Å². The molecule has 1 N–H and O–H groups in total. The van der Waals surface area contributed by atoms with Gasteiger partial charge in [-0.2, -0.15) is 0 Å². The van der Waals surface area contributed by atoms with Crippen LogP contribution in [0.15, 0.2) is 28.3 Å². The maximum absolute atomic E-state index is 13.0. The number of amides is 2. The highest BCUT2D eigenvalue weighted by molar-refractivity contribution is 7.99. The molecular formula is C19H22N4O4S2. The van der Waals surface area contributed by atoms with Crippen molar-refractivity contribution in [3.63, 3.8) is 0 Å². The lowest BCUT2D eigenvalue weighted by molar-refractivity contribution is -0.117. The normalized spacial score (nSPS) is 11.2. The lowest BCUT2D eigenvalue weighted by atomic mass is 10.2. The average Bonchev–Trinajstić information content (AvgIpc) is 3.22. The third-order valence-corrected chi connectivity index (χ3v) is 6.61. The Morgan fingerprint density at radius 1 is 1.34 bits per heavy atom. The molecule has 0 aliphatic carbocycles. The molecule has 0 saturated carbocycles. The number of thiophene rings is 1. The van der Waals surface area contributed by atoms with Crippen LogP contribution in [-0.2, 0) is 23.1 Å². The molecule has 0 aromatic carbocycles. The number of carbonyl (C=O) groups excluding carboxylic acids is 2. The van der Waals surface area contributed by atoms with E-state index in [4.69, 9.17) is 4.74 Å². The fraction of sp³-hybridized carbons (Fsp3) is 0.368. The second kappa shape index (κ2) is 8.93. The first-order chi connectivity index (χ1) is 13.8. The number of nitrogens with zero attached hydrogens (tertiary/aromatic N) is 3. The first-order valence-corrected chi connectivity index (χ1v) is 10.7. The molecule has 10 heteroatoms. The number of rotatable bonds is 7. The predicted octanol–water partition coefficient (Wildman–Crippen LogP) is 2.11. The number of ether oxygens (including phenoxy) is 1. The number of thioether (sulfide) groups is 1. The molecule has 0 bridgehead atoms. The Hall–Kier alpha value is -2.43. The van der Waals surface area contributed by atoms with E-state index in [0.717, 1.165) is 22.2 Å². The van der Waals surface area contributed by atoms with Crippen molar-refractivity contribution >= 4 is 45.1 Å². The van der Waals surface area contributed by atoms with Gasteiger partial charge in [-0.25, -0.2) is 4.98 Å². The molecule has 2 amide bonds. The minimum Gasteiger partial charge on any atom is -0.383 e. The Labute approximate surface area is 175 Å². The second-order valence-electron chi connectivity index (χ2n) is 6.48. The number of hydrogen-bond acceptors (Lipinski definition) is 7. The van der Waals surface area contributed by atoms with E-state index in [2.05, 4.69) is 10.3 Å². The van der Waals surface area contributed by atoms with Gasteiger partial charge < -0.3 is 9.30 Å². The molecule has 0 aliphatic rings. The lowest BCUT2D eigenvalue weighted by Crippen LogP contribution is -2.33. The Balaban J connectivity index is 1.81. The van der Waals surface area contributed by atoms with Crippen LogP contribution in [0.4, 0.5) is 0 Å². The van der Waals surface area contributed by atoms with Crippen molar-refractivity contribution < 1.29 is 14.3 Å². The number of imide groups is 1. The number of methoxy groups -OCH3 is 1. The highest BCUT2D eigenvalue weighted by Crippen LogP contribution is 2.28. The predicted molar refractivity (Wildman–Crippen MR) is 114 cm³/mol. The summed E-state index contributed by atoms with van der Waals surface area (Å²) in [5.41, 5.74) is 1.18. The fourth-order valence-electron chi connectivity index (χ4n) is 2.85. The van der Waals surface area contributed by atoms with Crippen LogP contribution < -0.4 is 10.9 Å². The summed E-state index contributed by atoms with van der Waals surface area (Å²) >= 11 is 2.58. The van der Waals surface area contributed by atoms with E-state index in [-0.39, 0.29) is 11.3 Å². The summed E-state index contributed by atoms with van der Waals surface area (Å²) in [6.45, 7) is 4.54. The number of fused-ring (bicyclic) bond motifs is 1. The van der Waals surface area contributed by atoms with Gasteiger partial charge in [0.25, 0.3) is 11.5 Å². The van der Waals surface area contributed by atoms with Crippen molar-refractivity contribution in [1.29, 1.82) is 0 Å². The zero-order chi connectivity index (χ0) is 21.1. The first-order valence-electron chi connectivity index (χ1n) is 8.91. The summed E-state index contributed by atoms with van der Waals surface area (Å²) in [6, 6.07) is 3.36. The van der Waals surface area contributed by atoms with Gasteiger partial charge in [0.05, 0.1) is 24.3 Å². The van der Waals surface area contributed by atoms with Gasteiger partial charge in [0.1, 0.15) is 10.5 Å². The van der Waals surface area contributed by atoms with Crippen LogP contribution in [0, 0.1) is 13.8 Å². The van der Waals surface area contributed by atoms with Gasteiger partial charge in [-0.05, 0) is 31.5 Å². The molecule has 0 spiro atoms. The van der Waals surface area contributed by atoms with Crippen LogP contribution >= 0.6 is 23.1 Å². The van der Waals surface area contributed by atoms with Crippen molar-refractivity contribution in [2.75, 3.05) is 19.5 Å². The maximum atomic E-state index is 13.0. The quantitative estimate of drug-likeness (QED) is 0.452. The molecular weight excluding hydrogens is 412 g/mol. The SMILES string of the molecule is COCCn1c(SCC(=O)NC(=O)c2cccn2C)nc2sc(C)c(C)c2c1=O. The molecule has 3 aromatic heterocycles. The molecule has 29 heavy (non-hydrogen) atoms. The third kappa shape index (κ3) is 4.44. The Morgan fingerprint density at radius 2 is 2.10 bits per heavy atom. The van der Waals surface area contributed by atoms with Crippen molar-refractivity contribution in [2.24, 2.45) is 7.05 Å². The lowest BCUT2D eigenvalue weighted by Gasteiger charge is -2.11. The van der Waals surface area contributed by atoms with Gasteiger partial charge in [0.2, 0.25) is 5.91 Å². The van der Waals surface area contributed by atoms with Crippen LogP contribution in [-0.4, -0.2) is 45.4 Å². The van der Waals surface area contributed by atoms with Gasteiger partial charge in [-0.1, -0.05) is 11.8 Å². The minimum absolute atomic E-state index is 0.0373. The van der Waals surface area contributed by atoms with Crippen LogP contribution in [0.1, 0.15) is 20.9 Å². The molecule has 8 nitrogen and oxygen atoms in total. The van der Waals surface area contributed by atoms with Crippen molar-refractivity contribution in [2.45, 2.75) is 25.5 Å². The van der Waals surface area contributed by atoms with E-state index in [9.17, 15) is 14.4 Å².